The summed E-state index contributed by atoms with van der Waals surface area (Å²) in [6.45, 7) is 12.9. The number of pyridine rings is 1. The first-order valence-electron chi connectivity index (χ1n) is 13.1. The van der Waals surface area contributed by atoms with E-state index in [4.69, 9.17) is 9.47 Å². The molecule has 0 spiro atoms. The zero-order chi connectivity index (χ0) is 26.8. The molecule has 2 aliphatic rings. The number of aliphatic hydroxyl groups is 2. The molecule has 200 valence electrons. The lowest BCUT2D eigenvalue weighted by Gasteiger charge is -2.34. The van der Waals surface area contributed by atoms with Crippen LogP contribution in [0.1, 0.15) is 84.9 Å². The Morgan fingerprint density at radius 3 is 2.56 bits per heavy atom. The van der Waals surface area contributed by atoms with Gasteiger partial charge in [0, 0.05) is 18.5 Å². The van der Waals surface area contributed by atoms with E-state index < -0.39 is 35.6 Å². The Balaban J connectivity index is 1.88. The first kappa shape index (κ1) is 28.5. The molecule has 36 heavy (non-hydrogen) atoms. The number of Topliss-reactive ketones (excluding diaryl/α,β-unsaturated/α-hetero) is 1. The smallest absolute Gasteiger partial charge is 0.309 e. The normalized spacial score (nSPS) is 36.6. The van der Waals surface area contributed by atoms with E-state index in [-0.39, 0.29) is 29.8 Å². The van der Waals surface area contributed by atoms with E-state index in [1.165, 1.54) is 0 Å². The summed E-state index contributed by atoms with van der Waals surface area (Å²) in [5.41, 5.74) is 1.16. The summed E-state index contributed by atoms with van der Waals surface area (Å²) in [6, 6.07) is 3.86. The van der Waals surface area contributed by atoms with Gasteiger partial charge in [-0.1, -0.05) is 40.2 Å². The minimum Gasteiger partial charge on any atom is -0.458 e. The molecule has 7 atom stereocenters. The minimum atomic E-state index is -1.24. The molecule has 2 fully saturated rings. The number of hydrogen-bond acceptors (Lipinski definition) is 7. The average molecular weight is 502 g/mol. The van der Waals surface area contributed by atoms with E-state index in [0.717, 1.165) is 36.1 Å². The van der Waals surface area contributed by atoms with Gasteiger partial charge in [-0.3, -0.25) is 14.6 Å². The molecule has 0 aliphatic carbocycles. The second kappa shape index (κ2) is 11.1. The van der Waals surface area contributed by atoms with Crippen LogP contribution in [-0.2, 0) is 19.1 Å². The van der Waals surface area contributed by atoms with Crippen molar-refractivity contribution in [1.82, 2.24) is 4.98 Å². The summed E-state index contributed by atoms with van der Waals surface area (Å²) < 4.78 is 12.0. The first-order valence-corrected chi connectivity index (χ1v) is 13.1. The van der Waals surface area contributed by atoms with Crippen LogP contribution in [0.25, 0.3) is 6.08 Å². The lowest BCUT2D eigenvalue weighted by molar-refractivity contribution is -0.154. The fraction of sp³-hybridized carbons (Fsp3) is 0.690. The van der Waals surface area contributed by atoms with E-state index in [0.29, 0.717) is 6.42 Å². The lowest BCUT2D eigenvalue weighted by atomic mass is 9.73. The van der Waals surface area contributed by atoms with Gasteiger partial charge in [0.15, 0.2) is 0 Å². The van der Waals surface area contributed by atoms with Crippen molar-refractivity contribution in [3.63, 3.8) is 0 Å². The highest BCUT2D eigenvalue weighted by Crippen LogP contribution is 2.45. The van der Waals surface area contributed by atoms with Crippen LogP contribution >= 0.6 is 0 Å². The summed E-state index contributed by atoms with van der Waals surface area (Å²) in [5, 5.41) is 21.7. The molecule has 3 heterocycles. The van der Waals surface area contributed by atoms with Crippen LogP contribution in [0.2, 0.25) is 0 Å². The zero-order valence-electron chi connectivity index (χ0n) is 22.8. The summed E-state index contributed by atoms with van der Waals surface area (Å²) >= 11 is 0. The first-order chi connectivity index (χ1) is 16.8. The third-order valence-corrected chi connectivity index (χ3v) is 8.33. The van der Waals surface area contributed by atoms with Crippen molar-refractivity contribution >= 4 is 17.8 Å². The molecule has 0 bridgehead atoms. The van der Waals surface area contributed by atoms with E-state index in [9.17, 15) is 19.8 Å². The van der Waals surface area contributed by atoms with E-state index in [1.54, 1.807) is 27.0 Å². The van der Waals surface area contributed by atoms with Gasteiger partial charge in [0.1, 0.15) is 11.9 Å². The maximum absolute atomic E-state index is 13.2. The Morgan fingerprint density at radius 2 is 1.89 bits per heavy atom. The number of aliphatic hydroxyl groups excluding tert-OH is 2. The van der Waals surface area contributed by atoms with Crippen molar-refractivity contribution in [2.45, 2.75) is 111 Å². The lowest BCUT2D eigenvalue weighted by Crippen LogP contribution is -2.45. The van der Waals surface area contributed by atoms with Crippen LogP contribution in [-0.4, -0.2) is 57.0 Å². The largest absolute Gasteiger partial charge is 0.458 e. The summed E-state index contributed by atoms with van der Waals surface area (Å²) in [4.78, 5) is 30.7. The summed E-state index contributed by atoms with van der Waals surface area (Å²) in [5.74, 6) is -1.57. The van der Waals surface area contributed by atoms with Crippen molar-refractivity contribution in [2.24, 2.45) is 17.3 Å². The number of hydrogen-bond donors (Lipinski definition) is 2. The topological polar surface area (TPSA) is 109 Å². The maximum Gasteiger partial charge on any atom is 0.309 e. The number of carbonyl (C=O) groups is 2. The number of ether oxygens (including phenoxy) is 2. The van der Waals surface area contributed by atoms with Crippen molar-refractivity contribution in [1.29, 1.82) is 0 Å². The van der Waals surface area contributed by atoms with Crippen LogP contribution < -0.4 is 0 Å². The highest BCUT2D eigenvalue weighted by atomic mass is 16.6. The van der Waals surface area contributed by atoms with Crippen molar-refractivity contribution in [3.05, 3.63) is 35.2 Å². The standard InChI is InChI=1S/C29H43NO6/c1-17-11-9-13-30-21(17)14-19(3)22-15-24-29(7,36-24)12-8-10-18(2)26(33)20(4)27(34)28(5,6)23(31)16-25(32)35-22/h9,11,13-14,18,20,22-24,26,31,33H,8,10,12,15-16H2,1-7H3/b19-14+/t18-,20+,22-,23-,24-,26-,29+/m0/s1. The van der Waals surface area contributed by atoms with E-state index in [2.05, 4.69) is 11.9 Å². The van der Waals surface area contributed by atoms with E-state index in [1.807, 2.05) is 39.0 Å². The van der Waals surface area contributed by atoms with Gasteiger partial charge >= 0.3 is 5.97 Å². The van der Waals surface area contributed by atoms with Crippen molar-refractivity contribution in [2.75, 3.05) is 0 Å². The quantitative estimate of drug-likeness (QED) is 0.456. The molecule has 2 saturated heterocycles. The molecule has 0 saturated carbocycles. The molecule has 1 aromatic rings. The zero-order valence-corrected chi connectivity index (χ0v) is 22.8. The van der Waals surface area contributed by atoms with Crippen LogP contribution in [0.3, 0.4) is 0 Å². The monoisotopic (exact) mass is 501 g/mol. The highest BCUT2D eigenvalue weighted by Gasteiger charge is 2.53. The highest BCUT2D eigenvalue weighted by molar-refractivity contribution is 5.88. The molecule has 2 N–H and O–H groups in total. The molecule has 7 heteroatoms. The van der Waals surface area contributed by atoms with Gasteiger partial charge in [0.25, 0.3) is 0 Å². The van der Waals surface area contributed by atoms with Gasteiger partial charge in [-0.15, -0.1) is 0 Å². The van der Waals surface area contributed by atoms with Gasteiger partial charge in [-0.25, -0.2) is 0 Å². The molecule has 1 aromatic heterocycles. The van der Waals surface area contributed by atoms with Crippen LogP contribution in [0.5, 0.6) is 0 Å². The number of aromatic nitrogens is 1. The number of rotatable bonds is 2. The molecule has 0 unspecified atom stereocenters. The molecular formula is C29H43NO6. The van der Waals surface area contributed by atoms with Gasteiger partial charge < -0.3 is 19.7 Å². The number of cyclic esters (lactones) is 1. The number of esters is 1. The molecular weight excluding hydrogens is 458 g/mol. The van der Waals surface area contributed by atoms with Gasteiger partial charge in [-0.2, -0.15) is 0 Å². The third kappa shape index (κ3) is 6.42. The van der Waals surface area contributed by atoms with Gasteiger partial charge in [0.2, 0.25) is 0 Å². The maximum atomic E-state index is 13.2. The molecule has 3 rings (SSSR count). The summed E-state index contributed by atoms with van der Waals surface area (Å²) in [6.07, 6.45) is 3.64. The van der Waals surface area contributed by atoms with Gasteiger partial charge in [0.05, 0.1) is 41.4 Å². The number of ketones is 1. The molecule has 0 aromatic carbocycles. The second-order valence-corrected chi connectivity index (χ2v) is 11.7. The molecule has 2 aliphatic heterocycles. The predicted octanol–water partition coefficient (Wildman–Crippen LogP) is 4.42. The predicted molar refractivity (Wildman–Crippen MR) is 138 cm³/mol. The number of fused-ring (bicyclic) bond motifs is 1. The summed E-state index contributed by atoms with van der Waals surface area (Å²) in [7, 11) is 0. The van der Waals surface area contributed by atoms with Crippen molar-refractivity contribution < 1.29 is 29.3 Å². The Kier molecular flexibility index (Phi) is 8.79. The Morgan fingerprint density at radius 1 is 1.19 bits per heavy atom. The Bertz CT molecular complexity index is 988. The number of aryl methyl sites for hydroxylation is 1. The SMILES string of the molecule is C/C(=C\c1ncccc1C)[C@@H]1C[C@@H]2O[C@]2(C)CCC[C@H](C)[C@H](O)[C@@H](C)C(=O)C(C)(C)[C@@H](O)CC(=O)O1. The molecule has 0 amide bonds. The van der Waals surface area contributed by atoms with E-state index >= 15 is 0 Å². The fourth-order valence-electron chi connectivity index (χ4n) is 5.25. The minimum absolute atomic E-state index is 0.0570. The fourth-order valence-corrected chi connectivity index (χ4v) is 5.25. The Hall–Kier alpha value is -2.09. The van der Waals surface area contributed by atoms with Crippen LogP contribution in [0.15, 0.2) is 23.9 Å². The second-order valence-electron chi connectivity index (χ2n) is 11.7. The number of nitrogens with zero attached hydrogens (tertiary/aromatic N) is 1. The van der Waals surface area contributed by atoms with Crippen molar-refractivity contribution in [3.8, 4) is 0 Å². The third-order valence-electron chi connectivity index (χ3n) is 8.33. The van der Waals surface area contributed by atoms with Gasteiger partial charge in [-0.05, 0) is 62.8 Å². The average Bonchev–Trinajstić information content (AvgIpc) is 3.46. The van der Waals surface area contributed by atoms with Crippen LogP contribution in [0.4, 0.5) is 0 Å². The number of epoxide rings is 1. The number of carbonyl (C=O) groups excluding carboxylic acids is 2. The molecule has 7 nitrogen and oxygen atoms in total. The molecule has 0 radical (unpaired) electrons. The Labute approximate surface area is 215 Å². The van der Waals surface area contributed by atoms with Crippen LogP contribution in [0, 0.1) is 24.2 Å².